The molecular weight excluding hydrogens is 374 g/mol. The van der Waals surface area contributed by atoms with Crippen LogP contribution in [0, 0.1) is 0 Å². The summed E-state index contributed by atoms with van der Waals surface area (Å²) in [4.78, 5) is 11.1. The summed E-state index contributed by atoms with van der Waals surface area (Å²) in [5.41, 5.74) is 0.284. The van der Waals surface area contributed by atoms with Crippen molar-refractivity contribution >= 4 is 42.6 Å². The Kier molecular flexibility index (Phi) is 3.53. The molecule has 2 heterocycles. The normalized spacial score (nSPS) is 11.7. The van der Waals surface area contributed by atoms with Crippen molar-refractivity contribution in [3.8, 4) is 0 Å². The van der Waals surface area contributed by atoms with E-state index in [1.54, 1.807) is 12.1 Å². The molecule has 114 valence electrons. The lowest BCUT2D eigenvalue weighted by Crippen LogP contribution is -2.17. The first-order chi connectivity index (χ1) is 10.4. The number of aryl methyl sites for hydroxylation is 1. The van der Waals surface area contributed by atoms with E-state index in [1.807, 2.05) is 0 Å². The summed E-state index contributed by atoms with van der Waals surface area (Å²) in [6, 6.07) is 7.48. The van der Waals surface area contributed by atoms with E-state index in [1.165, 1.54) is 36.1 Å². The van der Waals surface area contributed by atoms with Gasteiger partial charge in [-0.25, -0.2) is 4.79 Å². The van der Waals surface area contributed by atoms with Gasteiger partial charge in [0.05, 0.1) is 10.7 Å². The van der Waals surface area contributed by atoms with Crippen LogP contribution >= 0.6 is 15.9 Å². The van der Waals surface area contributed by atoms with Gasteiger partial charge >= 0.3 is 5.63 Å². The number of anilines is 1. The molecule has 0 unspecified atom stereocenters. The first-order valence-electron chi connectivity index (χ1n) is 6.11. The zero-order valence-corrected chi connectivity index (χ0v) is 13.7. The number of sulfonamides is 1. The van der Waals surface area contributed by atoms with Gasteiger partial charge in [-0.3, -0.25) is 9.40 Å². The average molecular weight is 384 g/mol. The third-order valence-corrected chi connectivity index (χ3v) is 5.31. The minimum absolute atomic E-state index is 0.0205. The maximum atomic E-state index is 12.4. The van der Waals surface area contributed by atoms with Gasteiger partial charge in [0.15, 0.2) is 5.03 Å². The molecule has 0 radical (unpaired) electrons. The molecule has 1 N–H and O–H groups in total. The summed E-state index contributed by atoms with van der Waals surface area (Å²) < 4.78 is 33.9. The first-order valence-corrected chi connectivity index (χ1v) is 8.39. The number of aromatic nitrogens is 2. The lowest BCUT2D eigenvalue weighted by atomic mass is 10.2. The maximum Gasteiger partial charge on any atom is 0.336 e. The fourth-order valence-corrected chi connectivity index (χ4v) is 4.27. The summed E-state index contributed by atoms with van der Waals surface area (Å²) in [5.74, 6) is 0. The van der Waals surface area contributed by atoms with E-state index in [0.717, 1.165) is 0 Å². The molecule has 3 rings (SSSR count). The molecule has 9 heteroatoms. The van der Waals surface area contributed by atoms with Gasteiger partial charge in [0.2, 0.25) is 0 Å². The molecule has 0 aliphatic rings. The second kappa shape index (κ2) is 5.25. The van der Waals surface area contributed by atoms with E-state index in [2.05, 4.69) is 25.8 Å². The highest BCUT2D eigenvalue weighted by Crippen LogP contribution is 2.24. The van der Waals surface area contributed by atoms with Crippen LogP contribution in [0.25, 0.3) is 11.0 Å². The number of fused-ring (bicyclic) bond motifs is 1. The summed E-state index contributed by atoms with van der Waals surface area (Å²) in [5, 5.41) is 4.52. The van der Waals surface area contributed by atoms with Gasteiger partial charge in [-0.1, -0.05) is 0 Å². The summed E-state index contributed by atoms with van der Waals surface area (Å²) in [6.45, 7) is 0. The van der Waals surface area contributed by atoms with Crippen molar-refractivity contribution in [2.45, 2.75) is 5.03 Å². The predicted octanol–water partition coefficient (Wildman–Crippen LogP) is 2.09. The van der Waals surface area contributed by atoms with Crippen LogP contribution in [0.4, 0.5) is 5.69 Å². The van der Waals surface area contributed by atoms with Gasteiger partial charge in [-0.05, 0) is 40.2 Å². The highest BCUT2D eigenvalue weighted by molar-refractivity contribution is 9.10. The number of nitrogens with one attached hydrogen (secondary N) is 1. The minimum atomic E-state index is -3.80. The Morgan fingerprint density at radius 2 is 2.05 bits per heavy atom. The standard InChI is InChI=1S/C13H10BrN3O4S/c1-17-13(10(14)7-15-17)22(19,20)16-9-3-4-11-8(6-9)2-5-12(18)21-11/h2-7,16H,1H3. The van der Waals surface area contributed by atoms with Crippen molar-refractivity contribution in [1.29, 1.82) is 0 Å². The molecule has 7 nitrogen and oxygen atoms in total. The largest absolute Gasteiger partial charge is 0.423 e. The Morgan fingerprint density at radius 3 is 2.73 bits per heavy atom. The van der Waals surface area contributed by atoms with Crippen LogP contribution in [0.2, 0.25) is 0 Å². The van der Waals surface area contributed by atoms with Gasteiger partial charge in [0.25, 0.3) is 10.0 Å². The molecule has 0 fully saturated rings. The fourth-order valence-electron chi connectivity index (χ4n) is 2.04. The smallest absolute Gasteiger partial charge is 0.336 e. The lowest BCUT2D eigenvalue weighted by Gasteiger charge is -2.09. The number of hydrogen-bond donors (Lipinski definition) is 1. The molecule has 3 aromatic rings. The average Bonchev–Trinajstić information content (AvgIpc) is 2.78. The number of hydrogen-bond acceptors (Lipinski definition) is 5. The molecule has 1 aromatic carbocycles. The Labute approximate surface area is 133 Å². The third kappa shape index (κ3) is 2.64. The van der Waals surface area contributed by atoms with Crippen molar-refractivity contribution in [1.82, 2.24) is 9.78 Å². The Hall–Kier alpha value is -2.13. The fraction of sp³-hybridized carbons (Fsp3) is 0.0769. The van der Waals surface area contributed by atoms with Crippen molar-refractivity contribution in [2.75, 3.05) is 4.72 Å². The van der Waals surface area contributed by atoms with Gasteiger partial charge in [0, 0.05) is 24.2 Å². The van der Waals surface area contributed by atoms with Gasteiger partial charge in [-0.2, -0.15) is 13.5 Å². The van der Waals surface area contributed by atoms with Crippen molar-refractivity contribution in [2.24, 2.45) is 7.05 Å². The molecule has 0 spiro atoms. The SMILES string of the molecule is Cn1ncc(Br)c1S(=O)(=O)Nc1ccc2oc(=O)ccc2c1. The topological polar surface area (TPSA) is 94.2 Å². The zero-order chi connectivity index (χ0) is 15.9. The van der Waals surface area contributed by atoms with Crippen LogP contribution in [0.3, 0.4) is 0 Å². The summed E-state index contributed by atoms with van der Waals surface area (Å²) in [7, 11) is -2.26. The number of benzene rings is 1. The second-order valence-corrected chi connectivity index (χ2v) is 6.99. The van der Waals surface area contributed by atoms with E-state index in [-0.39, 0.29) is 5.03 Å². The van der Waals surface area contributed by atoms with Crippen LogP contribution in [0.15, 0.2) is 55.2 Å². The second-order valence-electron chi connectivity index (χ2n) is 4.53. The van der Waals surface area contributed by atoms with Crippen molar-refractivity contribution < 1.29 is 12.8 Å². The molecule has 0 bridgehead atoms. The number of halogens is 1. The molecular formula is C13H10BrN3O4S. The van der Waals surface area contributed by atoms with E-state index >= 15 is 0 Å². The quantitative estimate of drug-likeness (QED) is 0.698. The summed E-state index contributed by atoms with van der Waals surface area (Å²) in [6.07, 6.45) is 1.41. The van der Waals surface area contributed by atoms with Crippen molar-refractivity contribution in [3.05, 3.63) is 51.4 Å². The first kappa shape index (κ1) is 14.8. The van der Waals surface area contributed by atoms with Gasteiger partial charge in [-0.15, -0.1) is 0 Å². The zero-order valence-electron chi connectivity index (χ0n) is 11.3. The highest BCUT2D eigenvalue weighted by atomic mass is 79.9. The lowest BCUT2D eigenvalue weighted by molar-refractivity contribution is 0.561. The highest BCUT2D eigenvalue weighted by Gasteiger charge is 2.22. The van der Waals surface area contributed by atoms with Crippen LogP contribution in [0.1, 0.15) is 0 Å². The van der Waals surface area contributed by atoms with E-state index in [9.17, 15) is 13.2 Å². The van der Waals surface area contributed by atoms with Crippen LogP contribution < -0.4 is 10.3 Å². The van der Waals surface area contributed by atoms with Gasteiger partial charge < -0.3 is 4.42 Å². The molecule has 0 aliphatic carbocycles. The van der Waals surface area contributed by atoms with Gasteiger partial charge in [0.1, 0.15) is 5.58 Å². The van der Waals surface area contributed by atoms with Crippen LogP contribution in [0.5, 0.6) is 0 Å². The summed E-state index contributed by atoms with van der Waals surface area (Å²) >= 11 is 3.16. The Bertz CT molecular complexity index is 1000. The number of nitrogens with zero attached hydrogens (tertiary/aromatic N) is 2. The molecule has 22 heavy (non-hydrogen) atoms. The molecule has 0 amide bonds. The minimum Gasteiger partial charge on any atom is -0.423 e. The van der Waals surface area contributed by atoms with E-state index < -0.39 is 15.6 Å². The molecule has 0 saturated carbocycles. The van der Waals surface area contributed by atoms with E-state index in [4.69, 9.17) is 4.42 Å². The third-order valence-electron chi connectivity index (χ3n) is 2.97. The predicted molar refractivity (Wildman–Crippen MR) is 84.2 cm³/mol. The monoisotopic (exact) mass is 383 g/mol. The Balaban J connectivity index is 2.02. The molecule has 0 saturated heterocycles. The molecule has 2 aromatic heterocycles. The van der Waals surface area contributed by atoms with Crippen LogP contribution in [-0.4, -0.2) is 18.2 Å². The van der Waals surface area contributed by atoms with E-state index in [0.29, 0.717) is 21.1 Å². The number of rotatable bonds is 3. The Morgan fingerprint density at radius 1 is 1.27 bits per heavy atom. The molecule has 0 atom stereocenters. The van der Waals surface area contributed by atoms with Crippen LogP contribution in [-0.2, 0) is 17.1 Å². The molecule has 0 aliphatic heterocycles. The van der Waals surface area contributed by atoms with Crippen molar-refractivity contribution in [3.63, 3.8) is 0 Å². The maximum absolute atomic E-state index is 12.4.